The molecule has 1 aromatic carbocycles. The molecule has 0 radical (unpaired) electrons. The molecule has 0 heterocycles. The Labute approximate surface area is 227 Å². The Kier molecular flexibility index (Phi) is 7.62. The summed E-state index contributed by atoms with van der Waals surface area (Å²) < 4.78 is 19.4. The minimum absolute atomic E-state index is 0.136. The van der Waals surface area contributed by atoms with Crippen molar-refractivity contribution in [2.45, 2.75) is 97.7 Å². The van der Waals surface area contributed by atoms with Gasteiger partial charge in [-0.2, -0.15) is 0 Å². The molecule has 5 rings (SSSR count). The minimum Gasteiger partial charge on any atom is -0.493 e. The Morgan fingerprint density at radius 3 is 2.50 bits per heavy atom. The lowest BCUT2D eigenvalue weighted by Crippen LogP contribution is -2.62. The predicted molar refractivity (Wildman–Crippen MR) is 144 cm³/mol. The summed E-state index contributed by atoms with van der Waals surface area (Å²) in [4.78, 5) is 11.5. The first-order chi connectivity index (χ1) is 18.0. The third kappa shape index (κ3) is 4.48. The summed E-state index contributed by atoms with van der Waals surface area (Å²) in [5, 5.41) is 31.8. The van der Waals surface area contributed by atoms with Gasteiger partial charge >= 0.3 is 5.97 Å². The number of hydrogen-bond donors (Lipinski definition) is 3. The second-order valence-electron chi connectivity index (χ2n) is 13.7. The molecule has 0 aromatic heterocycles. The van der Waals surface area contributed by atoms with Gasteiger partial charge in [0.2, 0.25) is 0 Å². The smallest absolute Gasteiger partial charge is 0.339 e. The van der Waals surface area contributed by atoms with Crippen LogP contribution in [-0.4, -0.2) is 40.1 Å². The van der Waals surface area contributed by atoms with Crippen molar-refractivity contribution < 1.29 is 29.2 Å². The third-order valence-corrected chi connectivity index (χ3v) is 12.2. The largest absolute Gasteiger partial charge is 0.493 e. The SMILES string of the molecule is CC[C@H]1[C@@H](O)[C@@H]2[C@H](CC[C@]3(C)[C@@H]([C@H](C)CCOc4ccc(F)cc4C(=O)O)CC[C@@H]23)[C@@]2(C)CC[C@@H](O)C[C@@H]12. The van der Waals surface area contributed by atoms with Gasteiger partial charge in [0.1, 0.15) is 17.1 Å². The number of fused-ring (bicyclic) bond motifs is 5. The molecule has 38 heavy (non-hydrogen) atoms. The normalized spacial score (nSPS) is 43.0. The molecule has 4 aliphatic carbocycles. The lowest BCUT2D eigenvalue weighted by Gasteiger charge is -2.64. The highest BCUT2D eigenvalue weighted by molar-refractivity contribution is 5.90. The summed E-state index contributed by atoms with van der Waals surface area (Å²) >= 11 is 0. The van der Waals surface area contributed by atoms with Crippen molar-refractivity contribution in [2.75, 3.05) is 6.61 Å². The van der Waals surface area contributed by atoms with Gasteiger partial charge in [-0.25, -0.2) is 9.18 Å². The van der Waals surface area contributed by atoms with E-state index in [1.54, 1.807) is 0 Å². The van der Waals surface area contributed by atoms with Gasteiger partial charge in [0.05, 0.1) is 18.8 Å². The van der Waals surface area contributed by atoms with Crippen LogP contribution in [0.1, 0.15) is 95.8 Å². The molecule has 0 spiro atoms. The number of hydrogen-bond acceptors (Lipinski definition) is 4. The van der Waals surface area contributed by atoms with Crippen molar-refractivity contribution in [1.82, 2.24) is 0 Å². The molecule has 4 fully saturated rings. The number of benzene rings is 1. The van der Waals surface area contributed by atoms with Crippen molar-refractivity contribution in [1.29, 1.82) is 0 Å². The van der Waals surface area contributed by atoms with Crippen LogP contribution in [0.15, 0.2) is 18.2 Å². The molecule has 0 saturated heterocycles. The van der Waals surface area contributed by atoms with E-state index in [9.17, 15) is 24.5 Å². The van der Waals surface area contributed by atoms with Crippen LogP contribution >= 0.6 is 0 Å². The number of aliphatic hydroxyl groups excluding tert-OH is 2. The maximum atomic E-state index is 13.5. The zero-order valence-corrected chi connectivity index (χ0v) is 23.5. The molecule has 1 aromatic rings. The molecule has 0 aliphatic heterocycles. The molecule has 3 N–H and O–H groups in total. The average Bonchev–Trinajstić information content (AvgIpc) is 3.23. The van der Waals surface area contributed by atoms with Crippen LogP contribution in [0, 0.1) is 58.1 Å². The summed E-state index contributed by atoms with van der Waals surface area (Å²) in [6.07, 6.45) is 8.74. The first kappa shape index (κ1) is 27.9. The minimum atomic E-state index is -1.18. The van der Waals surface area contributed by atoms with Gasteiger partial charge in [-0.15, -0.1) is 0 Å². The molecule has 0 unspecified atom stereocenters. The quantitative estimate of drug-likeness (QED) is 0.372. The van der Waals surface area contributed by atoms with Crippen LogP contribution < -0.4 is 4.74 Å². The van der Waals surface area contributed by atoms with Crippen molar-refractivity contribution in [3.63, 3.8) is 0 Å². The molecular formula is C32H47FO5. The molecule has 6 heteroatoms. The summed E-state index contributed by atoms with van der Waals surface area (Å²) in [6.45, 7) is 9.86. The van der Waals surface area contributed by atoms with Crippen LogP contribution in [0.2, 0.25) is 0 Å². The van der Waals surface area contributed by atoms with Gasteiger partial charge in [-0.3, -0.25) is 0 Å². The molecule has 5 nitrogen and oxygen atoms in total. The molecule has 11 atom stereocenters. The van der Waals surface area contributed by atoms with E-state index in [2.05, 4.69) is 27.7 Å². The van der Waals surface area contributed by atoms with Crippen LogP contribution in [0.4, 0.5) is 4.39 Å². The van der Waals surface area contributed by atoms with Crippen molar-refractivity contribution >= 4 is 5.97 Å². The second kappa shape index (κ2) is 10.4. The Hall–Kier alpha value is -1.66. The van der Waals surface area contributed by atoms with E-state index in [4.69, 9.17) is 4.74 Å². The van der Waals surface area contributed by atoms with Crippen LogP contribution in [-0.2, 0) is 0 Å². The lowest BCUT2D eigenvalue weighted by molar-refractivity contribution is -0.203. The fourth-order valence-corrected chi connectivity index (χ4v) is 10.3. The fourth-order valence-electron chi connectivity index (χ4n) is 10.3. The van der Waals surface area contributed by atoms with E-state index in [0.29, 0.717) is 42.1 Å². The standard InChI is InChI=1S/C32H47FO5/c1-5-21-26-17-20(34)10-13-32(26,4)25-11-14-31(3)23(7-8-24(31)28(25)29(21)35)18(2)12-15-38-27-9-6-19(33)16-22(27)30(36)37/h6,9,16,18,20-21,23-26,28-29,34-35H,5,7-8,10-15,17H2,1-4H3,(H,36,37)/t18-,20-,21-,23-,24+,25+,26+,28+,29-,31-,32-/m1/s1. The molecule has 4 saturated carbocycles. The Balaban J connectivity index is 1.30. The van der Waals surface area contributed by atoms with Crippen molar-refractivity contribution in [3.05, 3.63) is 29.6 Å². The topological polar surface area (TPSA) is 87.0 Å². The molecule has 0 bridgehead atoms. The first-order valence-corrected chi connectivity index (χ1v) is 15.0. The number of aromatic carboxylic acids is 1. The van der Waals surface area contributed by atoms with E-state index in [-0.39, 0.29) is 40.3 Å². The van der Waals surface area contributed by atoms with Gasteiger partial charge in [-0.05, 0) is 122 Å². The van der Waals surface area contributed by atoms with Gasteiger partial charge in [0.15, 0.2) is 0 Å². The highest BCUT2D eigenvalue weighted by Crippen LogP contribution is 2.69. The highest BCUT2D eigenvalue weighted by atomic mass is 19.1. The molecule has 212 valence electrons. The van der Waals surface area contributed by atoms with Gasteiger partial charge in [0, 0.05) is 0 Å². The number of rotatable bonds is 7. The van der Waals surface area contributed by atoms with E-state index in [1.165, 1.54) is 18.6 Å². The van der Waals surface area contributed by atoms with E-state index in [0.717, 1.165) is 57.4 Å². The van der Waals surface area contributed by atoms with Crippen LogP contribution in [0.5, 0.6) is 5.75 Å². The summed E-state index contributed by atoms with van der Waals surface area (Å²) in [5.41, 5.74) is 0.251. The van der Waals surface area contributed by atoms with Gasteiger partial charge in [-0.1, -0.05) is 34.1 Å². The number of halogens is 1. The van der Waals surface area contributed by atoms with E-state index >= 15 is 0 Å². The second-order valence-corrected chi connectivity index (χ2v) is 13.7. The summed E-state index contributed by atoms with van der Waals surface area (Å²) in [5.74, 6) is 1.45. The number of ether oxygens (including phenoxy) is 1. The highest BCUT2D eigenvalue weighted by Gasteiger charge is 2.64. The third-order valence-electron chi connectivity index (χ3n) is 12.2. The van der Waals surface area contributed by atoms with Crippen LogP contribution in [0.25, 0.3) is 0 Å². The zero-order chi connectivity index (χ0) is 27.4. The van der Waals surface area contributed by atoms with Crippen molar-refractivity contribution in [2.24, 2.45) is 52.3 Å². The predicted octanol–water partition coefficient (Wildman–Crippen LogP) is 6.56. The van der Waals surface area contributed by atoms with E-state index < -0.39 is 11.8 Å². The fraction of sp³-hybridized carbons (Fsp3) is 0.781. The van der Waals surface area contributed by atoms with E-state index in [1.807, 2.05) is 0 Å². The molecule has 0 amide bonds. The number of aliphatic hydroxyl groups is 2. The summed E-state index contributed by atoms with van der Waals surface area (Å²) in [7, 11) is 0. The monoisotopic (exact) mass is 530 g/mol. The van der Waals surface area contributed by atoms with Crippen LogP contribution in [0.3, 0.4) is 0 Å². The maximum Gasteiger partial charge on any atom is 0.339 e. The zero-order valence-electron chi connectivity index (χ0n) is 23.5. The van der Waals surface area contributed by atoms with Gasteiger partial charge < -0.3 is 20.1 Å². The van der Waals surface area contributed by atoms with Gasteiger partial charge in [0.25, 0.3) is 0 Å². The number of carboxylic acid groups (broad SMARTS) is 1. The van der Waals surface area contributed by atoms with Crippen molar-refractivity contribution in [3.8, 4) is 5.75 Å². The maximum absolute atomic E-state index is 13.5. The molecular weight excluding hydrogens is 483 g/mol. The Morgan fingerprint density at radius 1 is 1.08 bits per heavy atom. The number of carbonyl (C=O) groups is 1. The Morgan fingerprint density at radius 2 is 1.79 bits per heavy atom. The lowest BCUT2D eigenvalue weighted by atomic mass is 9.41. The average molecular weight is 531 g/mol. The molecule has 4 aliphatic rings. The first-order valence-electron chi connectivity index (χ1n) is 15.0. The Bertz CT molecular complexity index is 1030. The number of carboxylic acids is 1. The summed E-state index contributed by atoms with van der Waals surface area (Å²) in [6, 6.07) is 3.66.